The molecule has 3 heterocycles. The zero-order valence-electron chi connectivity index (χ0n) is 9.58. The number of nitrogens with zero attached hydrogens (tertiary/aromatic N) is 4. The van der Waals surface area contributed by atoms with Crippen LogP contribution in [0.15, 0.2) is 30.9 Å². The molecule has 0 amide bonds. The normalized spacial score (nSPS) is 14.8. The predicted molar refractivity (Wildman–Crippen MR) is 65.4 cm³/mol. The van der Waals surface area contributed by atoms with Gasteiger partial charge in [-0.3, -0.25) is 4.98 Å². The maximum absolute atomic E-state index is 5.70. The molecule has 0 saturated carbocycles. The van der Waals surface area contributed by atoms with Crippen molar-refractivity contribution in [2.45, 2.75) is 19.6 Å². The summed E-state index contributed by atoms with van der Waals surface area (Å²) in [6.07, 6.45) is 5.54. The maximum atomic E-state index is 5.70. The van der Waals surface area contributed by atoms with E-state index in [1.165, 1.54) is 11.4 Å². The van der Waals surface area contributed by atoms with Crippen molar-refractivity contribution in [1.82, 2.24) is 14.5 Å². The van der Waals surface area contributed by atoms with Crippen LogP contribution >= 0.6 is 0 Å². The molecular weight excluding hydrogens is 214 g/mol. The Balaban J connectivity index is 1.89. The van der Waals surface area contributed by atoms with Gasteiger partial charge in [-0.1, -0.05) is 0 Å². The molecule has 2 aromatic heterocycles. The lowest BCUT2D eigenvalue weighted by Gasteiger charge is -2.30. The number of rotatable bonds is 2. The molecule has 2 N–H and O–H groups in total. The first kappa shape index (κ1) is 10.3. The minimum absolute atomic E-state index is 0.506. The Morgan fingerprint density at radius 1 is 1.24 bits per heavy atom. The number of nitrogens with two attached hydrogens (primary N) is 1. The fourth-order valence-corrected chi connectivity index (χ4v) is 2.26. The summed E-state index contributed by atoms with van der Waals surface area (Å²) in [5, 5.41) is 0. The standard InChI is InChI=1S/C12H15N5/c13-7-11-12-8-16(5-6-17(12)9-15-11)10-1-3-14-4-2-10/h1-4,9H,5-8,13H2. The van der Waals surface area contributed by atoms with Crippen LogP contribution in [0.1, 0.15) is 11.4 Å². The Kier molecular flexibility index (Phi) is 2.53. The van der Waals surface area contributed by atoms with E-state index in [4.69, 9.17) is 5.73 Å². The maximum Gasteiger partial charge on any atom is 0.0953 e. The highest BCUT2D eigenvalue weighted by molar-refractivity contribution is 5.45. The first-order chi connectivity index (χ1) is 8.38. The molecule has 0 unspecified atom stereocenters. The van der Waals surface area contributed by atoms with E-state index in [2.05, 4.69) is 19.4 Å². The second kappa shape index (κ2) is 4.18. The van der Waals surface area contributed by atoms with Crippen LogP contribution in [0, 0.1) is 0 Å². The van der Waals surface area contributed by atoms with Crippen LogP contribution in [0.2, 0.25) is 0 Å². The van der Waals surface area contributed by atoms with E-state index in [0.29, 0.717) is 6.54 Å². The van der Waals surface area contributed by atoms with Gasteiger partial charge in [0.25, 0.3) is 0 Å². The van der Waals surface area contributed by atoms with Crippen LogP contribution in [0.5, 0.6) is 0 Å². The van der Waals surface area contributed by atoms with E-state index in [1.807, 2.05) is 30.9 Å². The van der Waals surface area contributed by atoms with Crippen molar-refractivity contribution < 1.29 is 0 Å². The largest absolute Gasteiger partial charge is 0.364 e. The molecule has 5 heteroatoms. The van der Waals surface area contributed by atoms with Crippen molar-refractivity contribution in [3.63, 3.8) is 0 Å². The van der Waals surface area contributed by atoms with Gasteiger partial charge in [-0.2, -0.15) is 0 Å². The van der Waals surface area contributed by atoms with Crippen molar-refractivity contribution in [2.75, 3.05) is 11.4 Å². The van der Waals surface area contributed by atoms with Crippen LogP contribution in [0.25, 0.3) is 0 Å². The minimum atomic E-state index is 0.506. The van der Waals surface area contributed by atoms with Crippen LogP contribution in [-0.4, -0.2) is 21.1 Å². The van der Waals surface area contributed by atoms with E-state index >= 15 is 0 Å². The summed E-state index contributed by atoms with van der Waals surface area (Å²) >= 11 is 0. The molecule has 1 aliphatic heterocycles. The molecule has 0 radical (unpaired) electrons. The van der Waals surface area contributed by atoms with E-state index in [9.17, 15) is 0 Å². The van der Waals surface area contributed by atoms with Gasteiger partial charge in [0.2, 0.25) is 0 Å². The molecule has 0 aliphatic carbocycles. The quantitative estimate of drug-likeness (QED) is 0.825. The van der Waals surface area contributed by atoms with Crippen molar-refractivity contribution in [3.8, 4) is 0 Å². The molecule has 3 rings (SSSR count). The van der Waals surface area contributed by atoms with E-state index in [1.54, 1.807) is 0 Å². The molecule has 0 spiro atoms. The molecule has 2 aromatic rings. The smallest absolute Gasteiger partial charge is 0.0953 e. The van der Waals surface area contributed by atoms with Gasteiger partial charge in [0.05, 0.1) is 24.3 Å². The number of anilines is 1. The Morgan fingerprint density at radius 2 is 2.06 bits per heavy atom. The highest BCUT2D eigenvalue weighted by Gasteiger charge is 2.19. The van der Waals surface area contributed by atoms with Crippen LogP contribution in [0.4, 0.5) is 5.69 Å². The van der Waals surface area contributed by atoms with Gasteiger partial charge >= 0.3 is 0 Å². The Labute approximate surface area is 99.9 Å². The summed E-state index contributed by atoms with van der Waals surface area (Å²) in [5.74, 6) is 0. The lowest BCUT2D eigenvalue weighted by Crippen LogP contribution is -2.33. The summed E-state index contributed by atoms with van der Waals surface area (Å²) < 4.78 is 2.19. The van der Waals surface area contributed by atoms with Gasteiger partial charge in [0.15, 0.2) is 0 Å². The monoisotopic (exact) mass is 229 g/mol. The average Bonchev–Trinajstić information content (AvgIpc) is 2.81. The Morgan fingerprint density at radius 3 is 2.82 bits per heavy atom. The molecule has 0 fully saturated rings. The Hall–Kier alpha value is -1.88. The van der Waals surface area contributed by atoms with E-state index in [0.717, 1.165) is 25.3 Å². The fourth-order valence-electron chi connectivity index (χ4n) is 2.26. The van der Waals surface area contributed by atoms with Crippen molar-refractivity contribution in [3.05, 3.63) is 42.2 Å². The Bertz CT molecular complexity index is 491. The highest BCUT2D eigenvalue weighted by atomic mass is 15.2. The van der Waals surface area contributed by atoms with Crippen LogP contribution < -0.4 is 10.6 Å². The summed E-state index contributed by atoms with van der Waals surface area (Å²) in [5.41, 5.74) is 9.14. The molecule has 0 saturated heterocycles. The first-order valence-electron chi connectivity index (χ1n) is 5.76. The van der Waals surface area contributed by atoms with E-state index < -0.39 is 0 Å². The molecular formula is C12H15N5. The second-order valence-corrected chi connectivity index (χ2v) is 4.16. The molecule has 0 bridgehead atoms. The first-order valence-corrected chi connectivity index (χ1v) is 5.76. The fraction of sp³-hybridized carbons (Fsp3) is 0.333. The molecule has 1 aliphatic rings. The van der Waals surface area contributed by atoms with Gasteiger partial charge < -0.3 is 15.2 Å². The summed E-state index contributed by atoms with van der Waals surface area (Å²) in [6.45, 7) is 3.34. The highest BCUT2D eigenvalue weighted by Crippen LogP contribution is 2.21. The molecule has 17 heavy (non-hydrogen) atoms. The lowest BCUT2D eigenvalue weighted by molar-refractivity contribution is 0.567. The molecule has 5 nitrogen and oxygen atoms in total. The van der Waals surface area contributed by atoms with Gasteiger partial charge in [0.1, 0.15) is 0 Å². The molecule has 88 valence electrons. The van der Waals surface area contributed by atoms with Gasteiger partial charge in [-0.15, -0.1) is 0 Å². The molecule has 0 atom stereocenters. The average molecular weight is 229 g/mol. The number of pyridine rings is 1. The SMILES string of the molecule is NCc1ncn2c1CN(c1ccncc1)CC2. The van der Waals surface area contributed by atoms with Gasteiger partial charge in [-0.05, 0) is 12.1 Å². The third-order valence-corrected chi connectivity index (χ3v) is 3.21. The lowest BCUT2D eigenvalue weighted by atomic mass is 10.2. The summed E-state index contributed by atoms with van der Waals surface area (Å²) in [4.78, 5) is 10.7. The van der Waals surface area contributed by atoms with Crippen molar-refractivity contribution >= 4 is 5.69 Å². The number of hydrogen-bond donors (Lipinski definition) is 1. The predicted octanol–water partition coefficient (Wildman–Crippen LogP) is 0.757. The second-order valence-electron chi connectivity index (χ2n) is 4.16. The minimum Gasteiger partial charge on any atom is -0.364 e. The summed E-state index contributed by atoms with van der Waals surface area (Å²) in [7, 11) is 0. The van der Waals surface area contributed by atoms with Gasteiger partial charge in [0, 0.05) is 37.7 Å². The number of fused-ring (bicyclic) bond motifs is 1. The van der Waals surface area contributed by atoms with E-state index in [-0.39, 0.29) is 0 Å². The van der Waals surface area contributed by atoms with Crippen LogP contribution in [-0.2, 0) is 19.6 Å². The number of hydrogen-bond acceptors (Lipinski definition) is 4. The van der Waals surface area contributed by atoms with Crippen molar-refractivity contribution in [1.29, 1.82) is 0 Å². The third-order valence-electron chi connectivity index (χ3n) is 3.21. The number of aromatic nitrogens is 3. The zero-order valence-corrected chi connectivity index (χ0v) is 9.58. The molecule has 0 aromatic carbocycles. The number of imidazole rings is 1. The zero-order chi connectivity index (χ0) is 11.7. The van der Waals surface area contributed by atoms with Crippen molar-refractivity contribution in [2.24, 2.45) is 5.73 Å². The van der Waals surface area contributed by atoms with Gasteiger partial charge in [-0.25, -0.2) is 4.98 Å². The third kappa shape index (κ3) is 1.78. The van der Waals surface area contributed by atoms with Crippen LogP contribution in [0.3, 0.4) is 0 Å². The topological polar surface area (TPSA) is 60.0 Å². The summed E-state index contributed by atoms with van der Waals surface area (Å²) in [6, 6.07) is 4.07.